The third-order valence-corrected chi connectivity index (χ3v) is 4.73. The maximum Gasteiger partial charge on any atom is 0.312 e. The number of rotatable bonds is 5. The molecule has 0 saturated carbocycles. The second-order valence-electron chi connectivity index (χ2n) is 7.17. The first kappa shape index (κ1) is 25.2. The number of aromatic nitrogens is 2. The molecular weight excluding hydrogens is 384 g/mol. The molecule has 2 aromatic rings. The molecule has 6 nitrogen and oxygen atoms in total. The summed E-state index contributed by atoms with van der Waals surface area (Å²) >= 11 is 2.53. The van der Waals surface area contributed by atoms with Crippen molar-refractivity contribution in [3.63, 3.8) is 0 Å². The Kier molecular flexibility index (Phi) is 11.7. The molecule has 0 fully saturated rings. The molecule has 8 heteroatoms. The Labute approximate surface area is 169 Å². The quantitative estimate of drug-likeness (QED) is 0.713. The summed E-state index contributed by atoms with van der Waals surface area (Å²) in [4.78, 5) is 22.7. The highest BCUT2D eigenvalue weighted by molar-refractivity contribution is 7.06. The molecular formula is C19H30N2O4S2. The maximum absolute atomic E-state index is 10.9. The number of hydrogen-bond donors (Lipinski definition) is 2. The Morgan fingerprint density at radius 3 is 1.74 bits per heavy atom. The average molecular weight is 415 g/mol. The van der Waals surface area contributed by atoms with Crippen LogP contribution >= 0.6 is 23.1 Å². The van der Waals surface area contributed by atoms with Crippen molar-refractivity contribution in [2.24, 2.45) is 11.8 Å². The second kappa shape index (κ2) is 12.6. The fourth-order valence-corrected chi connectivity index (χ4v) is 3.65. The summed E-state index contributed by atoms with van der Waals surface area (Å²) in [5, 5.41) is 17.3. The van der Waals surface area contributed by atoms with Gasteiger partial charge in [-0.05, 0) is 60.9 Å². The highest BCUT2D eigenvalue weighted by Gasteiger charge is 2.25. The van der Waals surface area contributed by atoms with Crippen LogP contribution in [0.3, 0.4) is 0 Å². The molecule has 1 atom stereocenters. The van der Waals surface area contributed by atoms with E-state index in [1.165, 1.54) is 23.1 Å². The number of hydrogen-bond acceptors (Lipinski definition) is 6. The first-order chi connectivity index (χ1) is 12.4. The molecule has 27 heavy (non-hydrogen) atoms. The van der Waals surface area contributed by atoms with E-state index < -0.39 is 17.9 Å². The van der Waals surface area contributed by atoms with Gasteiger partial charge in [-0.25, -0.2) is 0 Å². The molecule has 2 rings (SSSR count). The number of aliphatic carboxylic acids is 2. The van der Waals surface area contributed by atoms with Crippen molar-refractivity contribution in [3.05, 3.63) is 33.3 Å². The summed E-state index contributed by atoms with van der Waals surface area (Å²) < 4.78 is 8.03. The largest absolute Gasteiger partial charge is 0.481 e. The van der Waals surface area contributed by atoms with Gasteiger partial charge in [0.05, 0.1) is 23.7 Å². The van der Waals surface area contributed by atoms with Gasteiger partial charge in [0.1, 0.15) is 0 Å². The number of carbonyl (C=O) groups is 2. The third kappa shape index (κ3) is 11.5. The third-order valence-electron chi connectivity index (χ3n) is 2.89. The fourth-order valence-electron chi connectivity index (χ4n) is 1.91. The lowest BCUT2D eigenvalue weighted by Gasteiger charge is -2.12. The van der Waals surface area contributed by atoms with Gasteiger partial charge in [-0.15, -0.1) is 0 Å². The highest BCUT2D eigenvalue weighted by atomic mass is 32.1. The average Bonchev–Trinajstić information content (AvgIpc) is 3.06. The Balaban J connectivity index is 0.000000428. The molecule has 0 aromatic carbocycles. The zero-order valence-electron chi connectivity index (χ0n) is 17.0. The summed E-state index contributed by atoms with van der Waals surface area (Å²) in [5.41, 5.74) is 1.79. The molecule has 0 radical (unpaired) electrons. The van der Waals surface area contributed by atoms with Gasteiger partial charge in [0.25, 0.3) is 0 Å². The van der Waals surface area contributed by atoms with Crippen LogP contribution in [0.2, 0.25) is 0 Å². The van der Waals surface area contributed by atoms with Crippen LogP contribution in [0.15, 0.2) is 12.1 Å². The SMILES string of the molecule is CC(C)C.Cc1cc(C(C(=O)O)C(C)C)sn1.Cc1cc(CC(=O)O)sn1. The van der Waals surface area contributed by atoms with Crippen LogP contribution in [-0.4, -0.2) is 30.9 Å². The topological polar surface area (TPSA) is 100 Å². The fraction of sp³-hybridized carbons (Fsp3) is 0.579. The predicted octanol–water partition coefficient (Wildman–Crippen LogP) is 5.02. The molecule has 0 aliphatic rings. The van der Waals surface area contributed by atoms with Gasteiger partial charge >= 0.3 is 11.9 Å². The van der Waals surface area contributed by atoms with Gasteiger partial charge < -0.3 is 10.2 Å². The van der Waals surface area contributed by atoms with Gasteiger partial charge in [0, 0.05) is 9.75 Å². The van der Waals surface area contributed by atoms with E-state index in [-0.39, 0.29) is 12.3 Å². The summed E-state index contributed by atoms with van der Waals surface area (Å²) in [5.74, 6) is -1.04. The lowest BCUT2D eigenvalue weighted by molar-refractivity contribution is -0.140. The van der Waals surface area contributed by atoms with Gasteiger partial charge in [0.2, 0.25) is 0 Å². The van der Waals surface area contributed by atoms with Crippen LogP contribution < -0.4 is 0 Å². The normalized spacial score (nSPS) is 11.3. The number of aryl methyl sites for hydroxylation is 2. The Morgan fingerprint density at radius 2 is 1.44 bits per heavy atom. The summed E-state index contributed by atoms with van der Waals surface area (Å²) in [7, 11) is 0. The predicted molar refractivity (Wildman–Crippen MR) is 111 cm³/mol. The monoisotopic (exact) mass is 414 g/mol. The van der Waals surface area contributed by atoms with E-state index in [4.69, 9.17) is 10.2 Å². The number of carboxylic acids is 2. The lowest BCUT2D eigenvalue weighted by Crippen LogP contribution is -2.16. The summed E-state index contributed by atoms with van der Waals surface area (Å²) in [6.07, 6.45) is 0.0888. The van der Waals surface area contributed by atoms with E-state index in [0.717, 1.165) is 27.1 Å². The molecule has 0 aliphatic carbocycles. The van der Waals surface area contributed by atoms with Gasteiger partial charge in [0.15, 0.2) is 0 Å². The molecule has 0 spiro atoms. The van der Waals surface area contributed by atoms with Crippen LogP contribution in [0.4, 0.5) is 0 Å². The molecule has 0 aliphatic heterocycles. The Hall–Kier alpha value is -1.80. The first-order valence-electron chi connectivity index (χ1n) is 8.74. The highest BCUT2D eigenvalue weighted by Crippen LogP contribution is 2.28. The van der Waals surface area contributed by atoms with Crippen molar-refractivity contribution in [1.82, 2.24) is 8.75 Å². The van der Waals surface area contributed by atoms with E-state index in [1.54, 1.807) is 6.07 Å². The van der Waals surface area contributed by atoms with Crippen molar-refractivity contribution < 1.29 is 19.8 Å². The molecule has 152 valence electrons. The lowest BCUT2D eigenvalue weighted by atomic mass is 9.94. The van der Waals surface area contributed by atoms with Gasteiger partial charge in [-0.1, -0.05) is 34.6 Å². The molecule has 2 heterocycles. The van der Waals surface area contributed by atoms with E-state index >= 15 is 0 Å². The number of nitrogens with zero attached hydrogens (tertiary/aromatic N) is 2. The van der Waals surface area contributed by atoms with E-state index in [9.17, 15) is 9.59 Å². The summed E-state index contributed by atoms with van der Waals surface area (Å²) in [6.45, 7) is 14.0. The molecule has 0 bridgehead atoms. The molecule has 0 saturated heterocycles. The van der Waals surface area contributed by atoms with Gasteiger partial charge in [-0.2, -0.15) is 8.75 Å². The minimum Gasteiger partial charge on any atom is -0.481 e. The molecule has 2 aromatic heterocycles. The van der Waals surface area contributed by atoms with Crippen LogP contribution in [0, 0.1) is 25.7 Å². The van der Waals surface area contributed by atoms with Crippen molar-refractivity contribution in [3.8, 4) is 0 Å². The first-order valence-corrected chi connectivity index (χ1v) is 10.3. The molecule has 1 unspecified atom stereocenters. The zero-order valence-corrected chi connectivity index (χ0v) is 18.6. The summed E-state index contributed by atoms with van der Waals surface area (Å²) in [6, 6.07) is 3.64. The Bertz CT molecular complexity index is 705. The Morgan fingerprint density at radius 1 is 0.963 bits per heavy atom. The molecule has 2 N–H and O–H groups in total. The van der Waals surface area contributed by atoms with Crippen molar-refractivity contribution in [2.45, 2.75) is 60.8 Å². The second-order valence-corrected chi connectivity index (χ2v) is 8.89. The van der Waals surface area contributed by atoms with Crippen LogP contribution in [-0.2, 0) is 16.0 Å². The molecule has 0 amide bonds. The van der Waals surface area contributed by atoms with Gasteiger partial charge in [-0.3, -0.25) is 9.59 Å². The van der Waals surface area contributed by atoms with Crippen LogP contribution in [0.1, 0.15) is 61.7 Å². The maximum atomic E-state index is 10.9. The van der Waals surface area contributed by atoms with Crippen LogP contribution in [0.25, 0.3) is 0 Å². The van der Waals surface area contributed by atoms with Crippen LogP contribution in [0.5, 0.6) is 0 Å². The van der Waals surface area contributed by atoms with E-state index in [0.29, 0.717) is 0 Å². The van der Waals surface area contributed by atoms with Crippen molar-refractivity contribution in [1.29, 1.82) is 0 Å². The minimum absolute atomic E-state index is 0.0888. The number of carboxylic acid groups (broad SMARTS) is 2. The smallest absolute Gasteiger partial charge is 0.312 e. The zero-order chi connectivity index (χ0) is 21.1. The van der Waals surface area contributed by atoms with Crippen molar-refractivity contribution in [2.75, 3.05) is 0 Å². The standard InChI is InChI=1S/C9H13NO2S.C6H7NO2S.C4H10/c1-5(2)8(9(11)12)7-4-6(3)10-13-7;1-4-2-5(10-7-4)3-6(8)9;1-4(2)3/h4-5,8H,1-3H3,(H,11,12);2H,3H2,1H3,(H,8,9);4H,1-3H3. The van der Waals surface area contributed by atoms with Crippen molar-refractivity contribution >= 4 is 35.0 Å². The van der Waals surface area contributed by atoms with E-state index in [2.05, 4.69) is 29.5 Å². The van der Waals surface area contributed by atoms with E-state index in [1.807, 2.05) is 33.8 Å². The minimum atomic E-state index is -0.802.